The summed E-state index contributed by atoms with van der Waals surface area (Å²) in [6, 6.07) is 5.43. The molecule has 2 aliphatic rings. The first-order valence-electron chi connectivity index (χ1n) is 5.30. The summed E-state index contributed by atoms with van der Waals surface area (Å²) < 4.78 is 15.8. The van der Waals surface area contributed by atoms with Crippen LogP contribution in [0.2, 0.25) is 0 Å². The number of rotatable bonds is 2. The number of hydrogen-bond donors (Lipinski definition) is 2. The van der Waals surface area contributed by atoms with E-state index in [1.807, 2.05) is 6.07 Å². The molecule has 0 saturated carbocycles. The number of fused-ring (bicyclic) bond motifs is 1. The predicted molar refractivity (Wildman–Crippen MR) is 57.8 cm³/mol. The molecule has 1 saturated heterocycles. The molecule has 2 heterocycles. The average molecular weight is 236 g/mol. The summed E-state index contributed by atoms with van der Waals surface area (Å²) in [6.07, 6.45) is -0.451. The van der Waals surface area contributed by atoms with Crippen LogP contribution in [0.3, 0.4) is 0 Å². The summed E-state index contributed by atoms with van der Waals surface area (Å²) in [5.74, 6) is 1.34. The first kappa shape index (κ1) is 10.2. The second-order valence-electron chi connectivity index (χ2n) is 4.01. The topological polar surface area (TPSA) is 82.8 Å². The van der Waals surface area contributed by atoms with Gasteiger partial charge in [0.2, 0.25) is 6.79 Å². The fourth-order valence-corrected chi connectivity index (χ4v) is 2.04. The van der Waals surface area contributed by atoms with E-state index >= 15 is 0 Å². The highest BCUT2D eigenvalue weighted by atomic mass is 16.7. The third kappa shape index (κ3) is 1.49. The van der Waals surface area contributed by atoms with Crippen LogP contribution >= 0.6 is 0 Å². The molecule has 0 bridgehead atoms. The van der Waals surface area contributed by atoms with Crippen LogP contribution in [0, 0.1) is 0 Å². The van der Waals surface area contributed by atoms with Gasteiger partial charge in [0.25, 0.3) is 0 Å². The number of hydrogen-bond acceptors (Lipinski definition) is 5. The molecule has 1 atom stereocenters. The second-order valence-corrected chi connectivity index (χ2v) is 4.01. The van der Waals surface area contributed by atoms with Crippen LogP contribution in [-0.2, 0) is 10.3 Å². The quantitative estimate of drug-likeness (QED) is 0.772. The van der Waals surface area contributed by atoms with Gasteiger partial charge in [0.05, 0.1) is 6.54 Å². The van der Waals surface area contributed by atoms with E-state index in [0.29, 0.717) is 18.0 Å². The van der Waals surface area contributed by atoms with Crippen molar-refractivity contribution in [2.45, 2.75) is 5.60 Å². The van der Waals surface area contributed by atoms with E-state index in [-0.39, 0.29) is 13.3 Å². The van der Waals surface area contributed by atoms with Crippen LogP contribution in [0.5, 0.6) is 11.5 Å². The Morgan fingerprint density at radius 3 is 2.88 bits per heavy atom. The number of alkyl carbamates (subject to hydrolysis) is 1. The van der Waals surface area contributed by atoms with Gasteiger partial charge in [0.1, 0.15) is 0 Å². The molecular formula is C11H12N2O4. The van der Waals surface area contributed by atoms with Gasteiger partial charge in [0.15, 0.2) is 17.1 Å². The Hall–Kier alpha value is -1.95. The monoisotopic (exact) mass is 236 g/mol. The Morgan fingerprint density at radius 1 is 1.35 bits per heavy atom. The highest BCUT2D eigenvalue weighted by Crippen LogP contribution is 2.37. The zero-order valence-electron chi connectivity index (χ0n) is 9.06. The fraction of sp³-hybridized carbons (Fsp3) is 0.364. The lowest BCUT2D eigenvalue weighted by Crippen LogP contribution is -2.38. The molecule has 90 valence electrons. The molecule has 3 rings (SSSR count). The van der Waals surface area contributed by atoms with E-state index in [0.717, 1.165) is 5.56 Å². The summed E-state index contributed by atoms with van der Waals surface area (Å²) in [6.45, 7) is 0.791. The number of cyclic esters (lactones) is 1. The molecule has 17 heavy (non-hydrogen) atoms. The van der Waals surface area contributed by atoms with Crippen LogP contribution < -0.4 is 20.5 Å². The fourth-order valence-electron chi connectivity index (χ4n) is 2.04. The maximum Gasteiger partial charge on any atom is 0.408 e. The first-order chi connectivity index (χ1) is 8.23. The van der Waals surface area contributed by atoms with Crippen LogP contribution in [0.15, 0.2) is 18.2 Å². The van der Waals surface area contributed by atoms with Crippen LogP contribution in [0.4, 0.5) is 4.79 Å². The average Bonchev–Trinajstić information content (AvgIpc) is 2.94. The van der Waals surface area contributed by atoms with Crippen molar-refractivity contribution in [2.24, 2.45) is 5.73 Å². The molecule has 1 fully saturated rings. The lowest BCUT2D eigenvalue weighted by Gasteiger charge is -2.25. The minimum atomic E-state index is -0.807. The third-order valence-electron chi connectivity index (χ3n) is 3.03. The minimum Gasteiger partial charge on any atom is -0.454 e. The summed E-state index contributed by atoms with van der Waals surface area (Å²) in [7, 11) is 0. The molecular weight excluding hydrogens is 224 g/mol. The Balaban J connectivity index is 2.00. The van der Waals surface area contributed by atoms with Crippen molar-refractivity contribution in [3.05, 3.63) is 23.8 Å². The Kier molecular flexibility index (Phi) is 2.12. The van der Waals surface area contributed by atoms with Gasteiger partial charge in [-0.05, 0) is 12.1 Å². The largest absolute Gasteiger partial charge is 0.454 e. The van der Waals surface area contributed by atoms with Gasteiger partial charge in [-0.2, -0.15) is 0 Å². The van der Waals surface area contributed by atoms with Crippen LogP contribution in [0.1, 0.15) is 5.56 Å². The van der Waals surface area contributed by atoms with Crippen molar-refractivity contribution in [3.8, 4) is 11.5 Å². The molecule has 3 N–H and O–H groups in total. The van der Waals surface area contributed by atoms with Crippen molar-refractivity contribution in [2.75, 3.05) is 19.9 Å². The van der Waals surface area contributed by atoms with Gasteiger partial charge in [-0.15, -0.1) is 0 Å². The van der Waals surface area contributed by atoms with Gasteiger partial charge in [-0.25, -0.2) is 4.79 Å². The highest BCUT2D eigenvalue weighted by molar-refractivity contribution is 5.71. The highest BCUT2D eigenvalue weighted by Gasteiger charge is 2.41. The molecule has 6 heteroatoms. The molecule has 1 unspecified atom stereocenters. The molecule has 6 nitrogen and oxygen atoms in total. The Morgan fingerprint density at radius 2 is 2.18 bits per heavy atom. The molecule has 0 spiro atoms. The van der Waals surface area contributed by atoms with E-state index < -0.39 is 11.7 Å². The molecule has 1 amide bonds. The summed E-state index contributed by atoms with van der Waals surface area (Å²) in [4.78, 5) is 11.2. The number of nitrogens with one attached hydrogen (secondary N) is 1. The molecule has 0 aliphatic carbocycles. The molecule has 2 aliphatic heterocycles. The SMILES string of the molecule is NCC1(c2ccc3c(c2)OCO3)CNC(=O)O1. The van der Waals surface area contributed by atoms with E-state index in [9.17, 15) is 4.79 Å². The minimum absolute atomic E-state index is 0.214. The van der Waals surface area contributed by atoms with Gasteiger partial charge < -0.3 is 25.3 Å². The van der Waals surface area contributed by atoms with E-state index in [4.69, 9.17) is 19.9 Å². The normalized spacial score (nSPS) is 25.6. The third-order valence-corrected chi connectivity index (χ3v) is 3.03. The molecule has 0 radical (unpaired) electrons. The summed E-state index contributed by atoms with van der Waals surface area (Å²) >= 11 is 0. The van der Waals surface area contributed by atoms with Crippen molar-refractivity contribution >= 4 is 6.09 Å². The number of carbonyl (C=O) groups is 1. The lowest BCUT2D eigenvalue weighted by molar-refractivity contribution is 0.0615. The predicted octanol–water partition coefficient (Wildman–Crippen LogP) is 0.309. The smallest absolute Gasteiger partial charge is 0.408 e. The zero-order chi connectivity index (χ0) is 11.9. The second kappa shape index (κ2) is 3.53. The molecule has 1 aromatic carbocycles. The van der Waals surface area contributed by atoms with Crippen LogP contribution in [0.25, 0.3) is 0 Å². The van der Waals surface area contributed by atoms with Gasteiger partial charge >= 0.3 is 6.09 Å². The Labute approximate surface area is 97.6 Å². The number of carbonyl (C=O) groups excluding carboxylic acids is 1. The van der Waals surface area contributed by atoms with Crippen LogP contribution in [-0.4, -0.2) is 26.0 Å². The van der Waals surface area contributed by atoms with E-state index in [1.54, 1.807) is 12.1 Å². The zero-order valence-corrected chi connectivity index (χ0v) is 9.06. The molecule has 0 aromatic heterocycles. The van der Waals surface area contributed by atoms with E-state index in [1.165, 1.54) is 0 Å². The standard InChI is InChI=1S/C11H12N2O4/c12-4-11(5-13-10(14)17-11)7-1-2-8-9(3-7)16-6-15-8/h1-3H,4-6,12H2,(H,13,14). The van der Waals surface area contributed by atoms with Crippen molar-refractivity contribution < 1.29 is 19.0 Å². The van der Waals surface area contributed by atoms with Crippen molar-refractivity contribution in [1.29, 1.82) is 0 Å². The number of ether oxygens (including phenoxy) is 3. The molecule has 1 aromatic rings. The van der Waals surface area contributed by atoms with Crippen molar-refractivity contribution in [1.82, 2.24) is 5.32 Å². The summed E-state index contributed by atoms with van der Waals surface area (Å²) in [5.41, 5.74) is 5.72. The van der Waals surface area contributed by atoms with Gasteiger partial charge in [0, 0.05) is 12.1 Å². The lowest BCUT2D eigenvalue weighted by atomic mass is 9.94. The van der Waals surface area contributed by atoms with Gasteiger partial charge in [-0.1, -0.05) is 6.07 Å². The van der Waals surface area contributed by atoms with E-state index in [2.05, 4.69) is 5.32 Å². The number of benzene rings is 1. The van der Waals surface area contributed by atoms with Crippen molar-refractivity contribution in [3.63, 3.8) is 0 Å². The maximum absolute atomic E-state index is 11.2. The van der Waals surface area contributed by atoms with Gasteiger partial charge in [-0.3, -0.25) is 0 Å². The first-order valence-corrected chi connectivity index (χ1v) is 5.30. The summed E-state index contributed by atoms with van der Waals surface area (Å²) in [5, 5.41) is 2.61. The number of amides is 1. The Bertz CT molecular complexity index is 477. The maximum atomic E-state index is 11.2. The number of nitrogens with two attached hydrogens (primary N) is 1.